The van der Waals surface area contributed by atoms with Crippen LogP contribution in [0.15, 0.2) is 42.5 Å². The van der Waals surface area contributed by atoms with E-state index in [2.05, 4.69) is 42.5 Å². The van der Waals surface area contributed by atoms with Crippen molar-refractivity contribution in [2.24, 2.45) is 5.73 Å². The van der Waals surface area contributed by atoms with Crippen molar-refractivity contribution in [3.05, 3.63) is 48.0 Å². The molecular weight excluding hydrogens is 280 g/mol. The highest BCUT2D eigenvalue weighted by atomic mass is 32.1. The van der Waals surface area contributed by atoms with Crippen molar-refractivity contribution in [1.82, 2.24) is 4.90 Å². The third-order valence-corrected chi connectivity index (χ3v) is 4.64. The Bertz CT molecular complexity index is 680. The zero-order valence-electron chi connectivity index (χ0n) is 11.7. The maximum absolute atomic E-state index is 11.1. The zero-order chi connectivity index (χ0) is 14.8. The molecule has 0 aromatic heterocycles. The Balaban J connectivity index is 1.88. The Morgan fingerprint density at radius 2 is 1.95 bits per heavy atom. The quantitative estimate of drug-likeness (QED) is 0.699. The van der Waals surface area contributed by atoms with E-state index < -0.39 is 0 Å². The van der Waals surface area contributed by atoms with E-state index in [1.165, 1.54) is 21.2 Å². The lowest BCUT2D eigenvalue weighted by Gasteiger charge is -2.23. The van der Waals surface area contributed by atoms with Gasteiger partial charge in [0.25, 0.3) is 0 Å². The third-order valence-electron chi connectivity index (χ3n) is 4.43. The summed E-state index contributed by atoms with van der Waals surface area (Å²) in [5, 5.41) is 2.74. The number of nitrogens with two attached hydrogens (primary N) is 1. The van der Waals surface area contributed by atoms with Crippen LogP contribution in [0.4, 0.5) is 0 Å². The number of carbonyl (C=O) groups excluding carboxylic acids is 1. The molecule has 1 fully saturated rings. The first kappa shape index (κ1) is 14.0. The van der Waals surface area contributed by atoms with E-state index in [9.17, 15) is 4.79 Å². The summed E-state index contributed by atoms with van der Waals surface area (Å²) in [4.78, 5) is 12.6. The smallest absolute Gasteiger partial charge is 0.216 e. The Morgan fingerprint density at radius 3 is 2.71 bits per heavy atom. The Hall–Kier alpha value is -1.94. The second-order valence-corrected chi connectivity index (χ2v) is 6.00. The molecule has 21 heavy (non-hydrogen) atoms. The van der Waals surface area contributed by atoms with Crippen molar-refractivity contribution >= 4 is 34.5 Å². The maximum atomic E-state index is 11.1. The van der Waals surface area contributed by atoms with E-state index in [1.807, 2.05) is 0 Å². The molecule has 0 heterocycles. The minimum atomic E-state index is 0.129. The number of hydrogen-bond donors (Lipinski definition) is 1. The molecule has 3 nitrogen and oxygen atoms in total. The highest BCUT2D eigenvalue weighted by molar-refractivity contribution is 7.80. The Morgan fingerprint density at radius 1 is 1.19 bits per heavy atom. The second kappa shape index (κ2) is 5.82. The minimum absolute atomic E-state index is 0.129. The first-order valence-electron chi connectivity index (χ1n) is 7.21. The molecule has 1 aliphatic carbocycles. The highest BCUT2D eigenvalue weighted by Crippen LogP contribution is 2.39. The molecule has 2 unspecified atom stereocenters. The van der Waals surface area contributed by atoms with E-state index in [0.717, 1.165) is 25.7 Å². The fourth-order valence-corrected chi connectivity index (χ4v) is 3.61. The highest BCUT2D eigenvalue weighted by Gasteiger charge is 2.31. The molecule has 2 aromatic carbocycles. The predicted octanol–water partition coefficient (Wildman–Crippen LogP) is 3.18. The Labute approximate surface area is 129 Å². The van der Waals surface area contributed by atoms with Gasteiger partial charge in [-0.25, -0.2) is 0 Å². The molecule has 2 N–H and O–H groups in total. The van der Waals surface area contributed by atoms with Crippen molar-refractivity contribution in [2.45, 2.75) is 31.2 Å². The first-order valence-corrected chi connectivity index (χ1v) is 7.62. The van der Waals surface area contributed by atoms with Gasteiger partial charge in [-0.3, -0.25) is 9.69 Å². The number of hydrogen-bond acceptors (Lipinski definition) is 2. The van der Waals surface area contributed by atoms with Crippen LogP contribution in [0.2, 0.25) is 0 Å². The van der Waals surface area contributed by atoms with Gasteiger partial charge in [0.2, 0.25) is 6.41 Å². The SMILES string of the molecule is NC(=S)N(C=O)C1CCC(c2cccc3ccccc23)C1. The fraction of sp³-hybridized carbons (Fsp3) is 0.294. The lowest BCUT2D eigenvalue weighted by molar-refractivity contribution is -0.116. The number of amides is 1. The van der Waals surface area contributed by atoms with Crippen LogP contribution >= 0.6 is 12.2 Å². The van der Waals surface area contributed by atoms with E-state index in [1.54, 1.807) is 0 Å². The summed E-state index contributed by atoms with van der Waals surface area (Å²) in [6.45, 7) is 0. The largest absolute Gasteiger partial charge is 0.376 e. The lowest BCUT2D eigenvalue weighted by atomic mass is 9.92. The summed E-state index contributed by atoms with van der Waals surface area (Å²) in [7, 11) is 0. The van der Waals surface area contributed by atoms with Crippen LogP contribution < -0.4 is 5.73 Å². The van der Waals surface area contributed by atoms with E-state index in [-0.39, 0.29) is 11.2 Å². The van der Waals surface area contributed by atoms with Gasteiger partial charge in [0.15, 0.2) is 5.11 Å². The van der Waals surface area contributed by atoms with Crippen LogP contribution in [0, 0.1) is 0 Å². The average Bonchev–Trinajstić information content (AvgIpc) is 2.96. The first-order chi connectivity index (χ1) is 10.2. The molecule has 3 rings (SSSR count). The van der Waals surface area contributed by atoms with Gasteiger partial charge >= 0.3 is 0 Å². The molecular formula is C17H18N2OS. The van der Waals surface area contributed by atoms with Crippen molar-refractivity contribution < 1.29 is 4.79 Å². The number of benzene rings is 2. The number of nitrogens with zero attached hydrogens (tertiary/aromatic N) is 1. The molecule has 1 saturated carbocycles. The van der Waals surface area contributed by atoms with Crippen molar-refractivity contribution in [3.8, 4) is 0 Å². The second-order valence-electron chi connectivity index (χ2n) is 5.58. The molecule has 0 bridgehead atoms. The number of thiocarbonyl (C=S) groups is 1. The van der Waals surface area contributed by atoms with Crippen molar-refractivity contribution in [3.63, 3.8) is 0 Å². The van der Waals surface area contributed by atoms with Gasteiger partial charge in [-0.15, -0.1) is 0 Å². The number of carbonyl (C=O) groups is 1. The van der Waals surface area contributed by atoms with Gasteiger partial charge in [0, 0.05) is 6.04 Å². The van der Waals surface area contributed by atoms with Crippen molar-refractivity contribution in [2.75, 3.05) is 0 Å². The summed E-state index contributed by atoms with van der Waals surface area (Å²) in [5.41, 5.74) is 6.99. The van der Waals surface area contributed by atoms with E-state index in [4.69, 9.17) is 18.0 Å². The molecule has 4 heteroatoms. The molecule has 1 aliphatic rings. The normalized spacial score (nSPS) is 21.3. The monoisotopic (exact) mass is 298 g/mol. The number of rotatable bonds is 3. The summed E-state index contributed by atoms with van der Waals surface area (Å²) in [6.07, 6.45) is 3.69. The number of fused-ring (bicyclic) bond motifs is 1. The van der Waals surface area contributed by atoms with Crippen LogP contribution in [-0.2, 0) is 4.79 Å². The molecule has 0 aliphatic heterocycles. The van der Waals surface area contributed by atoms with Gasteiger partial charge in [-0.05, 0) is 53.7 Å². The van der Waals surface area contributed by atoms with Crippen LogP contribution in [0.5, 0.6) is 0 Å². The van der Waals surface area contributed by atoms with Gasteiger partial charge in [0.1, 0.15) is 0 Å². The van der Waals surface area contributed by atoms with Crippen LogP contribution in [0.25, 0.3) is 10.8 Å². The van der Waals surface area contributed by atoms with Gasteiger partial charge < -0.3 is 5.73 Å². The molecule has 0 spiro atoms. The molecule has 1 amide bonds. The molecule has 0 radical (unpaired) electrons. The van der Waals surface area contributed by atoms with Gasteiger partial charge in [0.05, 0.1) is 0 Å². The summed E-state index contributed by atoms with van der Waals surface area (Å²) >= 11 is 4.96. The van der Waals surface area contributed by atoms with E-state index >= 15 is 0 Å². The third kappa shape index (κ3) is 2.63. The topological polar surface area (TPSA) is 46.3 Å². The minimum Gasteiger partial charge on any atom is -0.376 e. The Kier molecular flexibility index (Phi) is 3.88. The van der Waals surface area contributed by atoms with Crippen molar-refractivity contribution in [1.29, 1.82) is 0 Å². The van der Waals surface area contributed by atoms with Crippen LogP contribution in [0.1, 0.15) is 30.7 Å². The van der Waals surface area contributed by atoms with E-state index in [0.29, 0.717) is 5.92 Å². The summed E-state index contributed by atoms with van der Waals surface area (Å²) < 4.78 is 0. The maximum Gasteiger partial charge on any atom is 0.216 e. The van der Waals surface area contributed by atoms with Gasteiger partial charge in [-0.1, -0.05) is 42.5 Å². The average molecular weight is 298 g/mol. The molecule has 0 saturated heterocycles. The molecule has 2 atom stereocenters. The van der Waals surface area contributed by atoms with Gasteiger partial charge in [-0.2, -0.15) is 0 Å². The summed E-state index contributed by atoms with van der Waals surface area (Å²) in [6, 6.07) is 15.0. The zero-order valence-corrected chi connectivity index (χ0v) is 12.6. The standard InChI is InChI=1S/C17H18N2OS/c18-17(21)19(11-20)14-9-8-13(10-14)16-7-3-5-12-4-1-2-6-15(12)16/h1-7,11,13-14H,8-10H2,(H2,18,21). The van der Waals surface area contributed by atoms with Crippen LogP contribution in [-0.4, -0.2) is 22.5 Å². The fourth-order valence-electron chi connectivity index (χ4n) is 3.42. The predicted molar refractivity (Wildman–Crippen MR) is 89.0 cm³/mol. The summed E-state index contributed by atoms with van der Waals surface area (Å²) in [5.74, 6) is 0.456. The molecule has 2 aromatic rings. The lowest BCUT2D eigenvalue weighted by Crippen LogP contribution is -2.41. The van der Waals surface area contributed by atoms with Crippen LogP contribution in [0.3, 0.4) is 0 Å². The molecule has 108 valence electrons.